The molecule has 1 fully saturated rings. The highest BCUT2D eigenvalue weighted by Crippen LogP contribution is 2.22. The minimum atomic E-state index is -1.15. The maximum Gasteiger partial charge on any atom is 0.417 e. The summed E-state index contributed by atoms with van der Waals surface area (Å²) in [4.78, 5) is 41.2. The predicted molar refractivity (Wildman–Crippen MR) is 109 cm³/mol. The van der Waals surface area contributed by atoms with Gasteiger partial charge < -0.3 is 25.4 Å². The van der Waals surface area contributed by atoms with Crippen molar-refractivity contribution in [3.8, 4) is 11.5 Å². The molecule has 1 unspecified atom stereocenters. The van der Waals surface area contributed by atoms with E-state index in [0.29, 0.717) is 17.1 Å². The van der Waals surface area contributed by atoms with Crippen LogP contribution in [0, 0.1) is 0 Å². The van der Waals surface area contributed by atoms with E-state index in [-0.39, 0.29) is 26.2 Å². The highest BCUT2D eigenvalue weighted by atomic mass is 16.6. The molecule has 0 aliphatic carbocycles. The van der Waals surface area contributed by atoms with E-state index in [4.69, 9.17) is 15.2 Å². The number of nitrogens with one attached hydrogen (secondary N) is 1. The van der Waals surface area contributed by atoms with Crippen LogP contribution in [-0.2, 0) is 4.79 Å². The Hall–Kier alpha value is -3.59. The lowest BCUT2D eigenvalue weighted by molar-refractivity contribution is -0.128. The monoisotopic (exact) mass is 412 g/mol. The maximum absolute atomic E-state index is 13.1. The van der Waals surface area contributed by atoms with Crippen molar-refractivity contribution >= 4 is 17.9 Å². The van der Waals surface area contributed by atoms with Crippen LogP contribution in [0.25, 0.3) is 0 Å². The third kappa shape index (κ3) is 4.69. The fraction of sp³-hybridized carbons (Fsp3) is 0.286. The summed E-state index contributed by atoms with van der Waals surface area (Å²) < 4.78 is 10.6. The van der Waals surface area contributed by atoms with Crippen molar-refractivity contribution < 1.29 is 23.9 Å². The number of para-hydroxylation sites is 1. The van der Waals surface area contributed by atoms with Gasteiger partial charge in [0.15, 0.2) is 6.17 Å². The second-order valence-electron chi connectivity index (χ2n) is 6.56. The van der Waals surface area contributed by atoms with Crippen LogP contribution >= 0.6 is 0 Å². The predicted octanol–water partition coefficient (Wildman–Crippen LogP) is 1.05. The molecule has 2 aromatic carbocycles. The van der Waals surface area contributed by atoms with Gasteiger partial charge in [-0.25, -0.2) is 4.79 Å². The zero-order valence-corrected chi connectivity index (χ0v) is 16.6. The minimum absolute atomic E-state index is 0.155. The van der Waals surface area contributed by atoms with Gasteiger partial charge in [0.2, 0.25) is 0 Å². The molecule has 1 heterocycles. The molecule has 2 aromatic rings. The van der Waals surface area contributed by atoms with Crippen molar-refractivity contribution in [3.63, 3.8) is 0 Å². The molecule has 9 nitrogen and oxygen atoms in total. The number of carbonyl (C=O) groups is 3. The first-order chi connectivity index (χ1) is 14.5. The molecule has 3 rings (SSSR count). The summed E-state index contributed by atoms with van der Waals surface area (Å²) >= 11 is 0. The van der Waals surface area contributed by atoms with Crippen LogP contribution in [0.5, 0.6) is 11.5 Å². The molecule has 0 saturated carbocycles. The van der Waals surface area contributed by atoms with Gasteiger partial charge in [0, 0.05) is 31.7 Å². The van der Waals surface area contributed by atoms with E-state index in [1.165, 1.54) is 16.9 Å². The summed E-state index contributed by atoms with van der Waals surface area (Å²) in [7, 11) is 1.50. The first-order valence-corrected chi connectivity index (χ1v) is 9.51. The Kier molecular flexibility index (Phi) is 6.87. The molecule has 0 spiro atoms. The molecule has 1 atom stereocenters. The van der Waals surface area contributed by atoms with Crippen molar-refractivity contribution in [2.45, 2.75) is 6.17 Å². The topological polar surface area (TPSA) is 114 Å². The van der Waals surface area contributed by atoms with E-state index < -0.39 is 24.1 Å². The smallest absolute Gasteiger partial charge is 0.417 e. The number of nitrogens with two attached hydrogens (primary N) is 1. The number of carbonyl (C=O) groups excluding carboxylic acids is 3. The number of methoxy groups -OCH3 is 1. The van der Waals surface area contributed by atoms with Crippen LogP contribution in [0.15, 0.2) is 54.6 Å². The molecule has 0 aromatic heterocycles. The van der Waals surface area contributed by atoms with Gasteiger partial charge >= 0.3 is 6.09 Å². The maximum atomic E-state index is 13.1. The Labute approximate surface area is 174 Å². The van der Waals surface area contributed by atoms with E-state index in [1.54, 1.807) is 54.6 Å². The summed E-state index contributed by atoms with van der Waals surface area (Å²) in [6.07, 6.45) is -1.86. The van der Waals surface area contributed by atoms with Gasteiger partial charge in [-0.05, 0) is 30.3 Å². The third-order valence-electron chi connectivity index (χ3n) is 4.61. The molecule has 0 bridgehead atoms. The summed E-state index contributed by atoms with van der Waals surface area (Å²) in [6.45, 7) is 0.789. The standard InChI is InChI=1S/C21H24N4O5/c1-29-17-9-5-6-15(14-17)20(27)24-12-13-25(19(24)18(26)23-11-10-22)21(28)30-16-7-3-2-4-8-16/h2-9,14,19H,10-13,22H2,1H3,(H,23,26). The SMILES string of the molecule is COc1cccc(C(=O)N2CCN(C(=O)Oc3ccccc3)C2C(=O)NCCN)c1. The normalized spacial score (nSPS) is 15.6. The molecule has 1 saturated heterocycles. The lowest BCUT2D eigenvalue weighted by Crippen LogP contribution is -2.54. The van der Waals surface area contributed by atoms with Gasteiger partial charge in [0.25, 0.3) is 11.8 Å². The van der Waals surface area contributed by atoms with Gasteiger partial charge in [-0.2, -0.15) is 0 Å². The van der Waals surface area contributed by atoms with E-state index in [0.717, 1.165) is 0 Å². The van der Waals surface area contributed by atoms with E-state index in [2.05, 4.69) is 5.32 Å². The van der Waals surface area contributed by atoms with Crippen molar-refractivity contribution in [1.82, 2.24) is 15.1 Å². The van der Waals surface area contributed by atoms with E-state index >= 15 is 0 Å². The van der Waals surface area contributed by atoms with E-state index in [9.17, 15) is 14.4 Å². The van der Waals surface area contributed by atoms with Gasteiger partial charge in [0.05, 0.1) is 7.11 Å². The van der Waals surface area contributed by atoms with Crippen LogP contribution < -0.4 is 20.5 Å². The molecule has 3 N–H and O–H groups in total. The molecule has 1 aliphatic heterocycles. The van der Waals surface area contributed by atoms with Gasteiger partial charge in [-0.1, -0.05) is 24.3 Å². The Morgan fingerprint density at radius 2 is 1.73 bits per heavy atom. The van der Waals surface area contributed by atoms with Crippen molar-refractivity contribution in [3.05, 3.63) is 60.2 Å². The second kappa shape index (κ2) is 9.75. The van der Waals surface area contributed by atoms with Crippen LogP contribution in [0.3, 0.4) is 0 Å². The fourth-order valence-electron chi connectivity index (χ4n) is 3.17. The Bertz CT molecular complexity index is 905. The zero-order valence-electron chi connectivity index (χ0n) is 16.6. The highest BCUT2D eigenvalue weighted by molar-refractivity contribution is 5.99. The number of nitrogens with zero attached hydrogens (tertiary/aromatic N) is 2. The number of benzene rings is 2. The van der Waals surface area contributed by atoms with Crippen molar-refractivity contribution in [1.29, 1.82) is 0 Å². The number of hydrogen-bond acceptors (Lipinski definition) is 6. The van der Waals surface area contributed by atoms with Gasteiger partial charge in [0.1, 0.15) is 11.5 Å². The minimum Gasteiger partial charge on any atom is -0.497 e. The van der Waals surface area contributed by atoms with Crippen molar-refractivity contribution in [2.24, 2.45) is 5.73 Å². The highest BCUT2D eigenvalue weighted by Gasteiger charge is 2.43. The number of ether oxygens (including phenoxy) is 2. The lowest BCUT2D eigenvalue weighted by Gasteiger charge is -2.28. The number of rotatable bonds is 6. The number of amides is 3. The van der Waals surface area contributed by atoms with Gasteiger partial charge in [-0.3, -0.25) is 14.5 Å². The summed E-state index contributed by atoms with van der Waals surface area (Å²) in [5.74, 6) is -0.0262. The Morgan fingerprint density at radius 1 is 1.03 bits per heavy atom. The Balaban J connectivity index is 1.84. The van der Waals surface area contributed by atoms with Gasteiger partial charge in [-0.15, -0.1) is 0 Å². The quantitative estimate of drug-likeness (QED) is 0.733. The average molecular weight is 412 g/mol. The summed E-state index contributed by atoms with van der Waals surface area (Å²) in [6, 6.07) is 15.2. The molecule has 1 aliphatic rings. The van der Waals surface area contributed by atoms with Crippen molar-refractivity contribution in [2.75, 3.05) is 33.3 Å². The first kappa shape index (κ1) is 21.1. The lowest BCUT2D eigenvalue weighted by atomic mass is 10.2. The molecular formula is C21H24N4O5. The third-order valence-corrected chi connectivity index (χ3v) is 4.61. The largest absolute Gasteiger partial charge is 0.497 e. The molecule has 158 valence electrons. The van der Waals surface area contributed by atoms with E-state index in [1.807, 2.05) is 0 Å². The van der Waals surface area contributed by atoms with Crippen LogP contribution in [0.2, 0.25) is 0 Å². The van der Waals surface area contributed by atoms with Crippen LogP contribution in [0.1, 0.15) is 10.4 Å². The van der Waals surface area contributed by atoms with Crippen LogP contribution in [0.4, 0.5) is 4.79 Å². The molecule has 0 radical (unpaired) electrons. The molecule has 3 amide bonds. The second-order valence-corrected chi connectivity index (χ2v) is 6.56. The zero-order chi connectivity index (χ0) is 21.5. The molecular weight excluding hydrogens is 388 g/mol. The number of hydrogen-bond donors (Lipinski definition) is 2. The van der Waals surface area contributed by atoms with Crippen LogP contribution in [-0.4, -0.2) is 67.2 Å². The average Bonchev–Trinajstić information content (AvgIpc) is 3.23. The summed E-state index contributed by atoms with van der Waals surface area (Å²) in [5.41, 5.74) is 5.83. The Morgan fingerprint density at radius 3 is 2.43 bits per heavy atom. The first-order valence-electron chi connectivity index (χ1n) is 9.51. The summed E-state index contributed by atoms with van der Waals surface area (Å²) in [5, 5.41) is 2.65. The molecule has 9 heteroatoms. The molecule has 30 heavy (non-hydrogen) atoms. The fourth-order valence-corrected chi connectivity index (χ4v) is 3.17.